The van der Waals surface area contributed by atoms with Crippen LogP contribution in [0.3, 0.4) is 0 Å². The molecule has 5 rings (SSSR count). The normalized spacial score (nSPS) is 18.9. The summed E-state index contributed by atoms with van der Waals surface area (Å²) in [5.74, 6) is 0. The van der Waals surface area contributed by atoms with E-state index < -0.39 is 24.3 Å². The van der Waals surface area contributed by atoms with Crippen LogP contribution in [0.25, 0.3) is 0 Å². The van der Waals surface area contributed by atoms with Gasteiger partial charge in [0.25, 0.3) is 0 Å². The lowest BCUT2D eigenvalue weighted by atomic mass is 9.90. The number of hydrogen-bond acceptors (Lipinski definition) is 9. The van der Waals surface area contributed by atoms with E-state index in [2.05, 4.69) is 24.3 Å². The van der Waals surface area contributed by atoms with Gasteiger partial charge in [0.2, 0.25) is 0 Å². The number of hydrogen-bond donors (Lipinski definition) is 2. The topological polar surface area (TPSA) is 119 Å². The largest absolute Gasteiger partial charge is 0.392 e. The van der Waals surface area contributed by atoms with E-state index in [1.54, 1.807) is 14.2 Å². The molecule has 0 aromatic heterocycles. The Labute approximate surface area is 318 Å². The van der Waals surface area contributed by atoms with Gasteiger partial charge in [0.1, 0.15) is 25.8 Å². The number of benzene rings is 4. The number of methoxy groups -OCH3 is 2. The number of aliphatic hydroxyl groups is 2. The zero-order valence-corrected chi connectivity index (χ0v) is 31.3. The van der Waals surface area contributed by atoms with Gasteiger partial charge >= 0.3 is 6.03 Å². The van der Waals surface area contributed by atoms with Crippen LogP contribution >= 0.6 is 0 Å². The predicted molar refractivity (Wildman–Crippen MR) is 204 cm³/mol. The number of nitrogens with zero attached hydrogens (tertiary/aromatic N) is 2. The minimum Gasteiger partial charge on any atom is -0.392 e. The van der Waals surface area contributed by atoms with Crippen molar-refractivity contribution in [2.45, 2.75) is 63.4 Å². The van der Waals surface area contributed by atoms with Crippen LogP contribution < -0.4 is 0 Å². The van der Waals surface area contributed by atoms with Gasteiger partial charge in [-0.3, -0.25) is 0 Å². The Morgan fingerprint density at radius 3 is 1.30 bits per heavy atom. The summed E-state index contributed by atoms with van der Waals surface area (Å²) in [7, 11) is 3.24. The van der Waals surface area contributed by atoms with Crippen molar-refractivity contribution in [2.75, 3.05) is 54.2 Å². The molecular formula is C43H54N2O9. The van der Waals surface area contributed by atoms with Crippen LogP contribution in [0.4, 0.5) is 4.79 Å². The van der Waals surface area contributed by atoms with Crippen molar-refractivity contribution < 1.29 is 43.4 Å². The van der Waals surface area contributed by atoms with Gasteiger partial charge < -0.3 is 48.4 Å². The van der Waals surface area contributed by atoms with Crippen LogP contribution in [0.2, 0.25) is 0 Å². The van der Waals surface area contributed by atoms with Crippen molar-refractivity contribution in [2.24, 2.45) is 0 Å². The molecule has 1 aliphatic rings. The quantitative estimate of drug-likeness (QED) is 0.0813. The van der Waals surface area contributed by atoms with Gasteiger partial charge in [-0.25, -0.2) is 4.79 Å². The van der Waals surface area contributed by atoms with E-state index in [4.69, 9.17) is 28.4 Å². The summed E-state index contributed by atoms with van der Waals surface area (Å²) in [6.45, 7) is 1.61. The second-order valence-corrected chi connectivity index (χ2v) is 13.3. The van der Waals surface area contributed by atoms with E-state index >= 15 is 4.79 Å². The van der Waals surface area contributed by atoms with Crippen LogP contribution in [0.15, 0.2) is 109 Å². The van der Waals surface area contributed by atoms with Crippen LogP contribution in [-0.4, -0.2) is 105 Å². The lowest BCUT2D eigenvalue weighted by molar-refractivity contribution is -0.192. The fraction of sp³-hybridized carbons (Fsp3) is 0.419. The molecule has 11 heteroatoms. The average molecular weight is 743 g/mol. The summed E-state index contributed by atoms with van der Waals surface area (Å²) in [4.78, 5) is 19.3. The molecule has 4 aromatic rings. The minimum absolute atomic E-state index is 0.0532. The first kappa shape index (κ1) is 41.0. The molecule has 54 heavy (non-hydrogen) atoms. The highest BCUT2D eigenvalue weighted by Crippen LogP contribution is 2.33. The molecule has 1 aliphatic heterocycles. The molecule has 11 nitrogen and oxygen atoms in total. The molecule has 0 aliphatic carbocycles. The van der Waals surface area contributed by atoms with Crippen molar-refractivity contribution in [1.82, 2.24) is 9.80 Å². The SMILES string of the molecule is COCCOCO[C@@H]1[C@@H](OCOCCOC)[C@@H](Cc2ccccc2)N(Cc2cccc(CO)c2)C(=O)N(Cc2cccc(CO)c2)[C@@H]1Cc1ccccc1. The van der Waals surface area contributed by atoms with Crippen LogP contribution in [0, 0.1) is 0 Å². The number of ether oxygens (including phenoxy) is 6. The van der Waals surface area contributed by atoms with Gasteiger partial charge in [-0.2, -0.15) is 0 Å². The molecule has 4 aromatic carbocycles. The summed E-state index contributed by atoms with van der Waals surface area (Å²) >= 11 is 0. The van der Waals surface area contributed by atoms with E-state index in [0.717, 1.165) is 33.4 Å². The molecule has 2 N–H and O–H groups in total. The second kappa shape index (κ2) is 22.3. The molecule has 0 saturated carbocycles. The van der Waals surface area contributed by atoms with Crippen molar-refractivity contribution in [1.29, 1.82) is 0 Å². The van der Waals surface area contributed by atoms with Crippen LogP contribution in [0.5, 0.6) is 0 Å². The van der Waals surface area contributed by atoms with Crippen molar-refractivity contribution in [3.63, 3.8) is 0 Å². The summed E-state index contributed by atoms with van der Waals surface area (Å²) in [5.41, 5.74) is 5.29. The third kappa shape index (κ3) is 11.9. The molecule has 1 fully saturated rings. The highest BCUT2D eigenvalue weighted by molar-refractivity contribution is 5.76. The third-order valence-electron chi connectivity index (χ3n) is 9.55. The fourth-order valence-electron chi connectivity index (χ4n) is 6.89. The smallest absolute Gasteiger partial charge is 0.321 e. The molecule has 0 spiro atoms. The van der Waals surface area contributed by atoms with Crippen molar-refractivity contribution in [3.8, 4) is 0 Å². The van der Waals surface area contributed by atoms with Crippen LogP contribution in [0.1, 0.15) is 33.4 Å². The lowest BCUT2D eigenvalue weighted by Gasteiger charge is -2.38. The van der Waals surface area contributed by atoms with E-state index in [9.17, 15) is 10.2 Å². The maximum absolute atomic E-state index is 15.5. The molecule has 2 amide bonds. The summed E-state index contributed by atoms with van der Waals surface area (Å²) in [5, 5.41) is 20.0. The highest BCUT2D eigenvalue weighted by Gasteiger charge is 2.49. The molecule has 290 valence electrons. The number of amides is 2. The number of urea groups is 1. The Morgan fingerprint density at radius 2 is 0.907 bits per heavy atom. The first-order valence-electron chi connectivity index (χ1n) is 18.4. The Morgan fingerprint density at radius 1 is 0.519 bits per heavy atom. The number of aliphatic hydroxyl groups excluding tert-OH is 2. The molecule has 0 radical (unpaired) electrons. The van der Waals surface area contributed by atoms with Gasteiger partial charge in [-0.1, -0.05) is 109 Å². The maximum atomic E-state index is 15.5. The van der Waals surface area contributed by atoms with Gasteiger partial charge in [-0.05, 0) is 46.2 Å². The molecule has 4 atom stereocenters. The van der Waals surface area contributed by atoms with Crippen molar-refractivity contribution >= 4 is 6.03 Å². The molecule has 1 saturated heterocycles. The second-order valence-electron chi connectivity index (χ2n) is 13.3. The van der Waals surface area contributed by atoms with E-state index in [-0.39, 0.29) is 45.9 Å². The van der Waals surface area contributed by atoms with Gasteiger partial charge in [0.15, 0.2) is 0 Å². The first-order valence-corrected chi connectivity index (χ1v) is 18.4. The highest BCUT2D eigenvalue weighted by atomic mass is 16.7. The third-order valence-corrected chi connectivity index (χ3v) is 9.55. The molecule has 1 heterocycles. The van der Waals surface area contributed by atoms with Crippen molar-refractivity contribution in [3.05, 3.63) is 143 Å². The molecule has 0 bridgehead atoms. The summed E-state index contributed by atoms with van der Waals surface area (Å²) in [6, 6.07) is 34.2. The first-order chi connectivity index (χ1) is 26.5. The Kier molecular flexibility index (Phi) is 16.9. The predicted octanol–water partition coefficient (Wildman–Crippen LogP) is 5.34. The lowest BCUT2D eigenvalue weighted by Crippen LogP contribution is -2.53. The minimum atomic E-state index is -0.689. The van der Waals surface area contributed by atoms with E-state index in [1.807, 2.05) is 94.7 Å². The average Bonchev–Trinajstić information content (AvgIpc) is 3.28. The van der Waals surface area contributed by atoms with E-state index in [1.165, 1.54) is 0 Å². The molecular weight excluding hydrogens is 688 g/mol. The molecule has 0 unspecified atom stereocenters. The number of carbonyl (C=O) groups is 1. The standard InChI is InChI=1S/C43H54N2O9/c1-49-19-21-51-31-53-41-39(25-33-11-5-3-6-12-33)44(27-35-15-9-17-37(23-35)29-46)43(48)45(28-36-16-10-18-38(24-36)30-47)40(26-34-13-7-4-8-14-34)42(41)54-32-52-22-20-50-2/h3-18,23-24,39-42,46-47H,19-22,25-32H2,1-2H3/t39-,40-,41+,42+/m1/s1. The number of carbonyl (C=O) groups excluding carboxylic acids is 1. The summed E-state index contributed by atoms with van der Waals surface area (Å²) < 4.78 is 35.8. The Balaban J connectivity index is 1.68. The zero-order valence-electron chi connectivity index (χ0n) is 31.3. The fourth-order valence-corrected chi connectivity index (χ4v) is 6.89. The Hall–Kier alpha value is -4.17. The van der Waals surface area contributed by atoms with E-state index in [0.29, 0.717) is 39.3 Å². The Bertz CT molecular complexity index is 1540. The maximum Gasteiger partial charge on any atom is 0.321 e. The van der Waals surface area contributed by atoms with Gasteiger partial charge in [0.05, 0.1) is 51.7 Å². The zero-order chi connectivity index (χ0) is 38.0. The number of rotatable bonds is 22. The van der Waals surface area contributed by atoms with Gasteiger partial charge in [0, 0.05) is 27.3 Å². The van der Waals surface area contributed by atoms with Gasteiger partial charge in [-0.15, -0.1) is 0 Å². The monoisotopic (exact) mass is 742 g/mol. The van der Waals surface area contributed by atoms with Crippen LogP contribution in [-0.2, 0) is 67.6 Å². The summed E-state index contributed by atoms with van der Waals surface area (Å²) in [6.07, 6.45) is -0.450.